The lowest BCUT2D eigenvalue weighted by Gasteiger charge is -2.18. The number of fused-ring (bicyclic) bond motifs is 1. The maximum absolute atomic E-state index is 6.30. The van der Waals surface area contributed by atoms with Crippen molar-refractivity contribution in [3.63, 3.8) is 0 Å². The average molecular weight is 236 g/mol. The third-order valence-electron chi connectivity index (χ3n) is 3.13. The first-order valence-electron chi connectivity index (χ1n) is 5.62. The second-order valence-electron chi connectivity index (χ2n) is 4.36. The Labute approximate surface area is 99.6 Å². The first-order chi connectivity index (χ1) is 7.74. The van der Waals surface area contributed by atoms with Crippen molar-refractivity contribution < 1.29 is 0 Å². The lowest BCUT2D eigenvalue weighted by Crippen LogP contribution is -2.17. The molecule has 0 atom stereocenters. The van der Waals surface area contributed by atoms with Crippen LogP contribution in [0.15, 0.2) is 18.3 Å². The van der Waals surface area contributed by atoms with Crippen LogP contribution in [0.4, 0.5) is 5.69 Å². The van der Waals surface area contributed by atoms with Gasteiger partial charge in [0.1, 0.15) is 0 Å². The Morgan fingerprint density at radius 2 is 2.00 bits per heavy atom. The van der Waals surface area contributed by atoms with Crippen molar-refractivity contribution in [1.29, 1.82) is 0 Å². The van der Waals surface area contributed by atoms with Gasteiger partial charge in [-0.05, 0) is 25.0 Å². The largest absolute Gasteiger partial charge is 0.370 e. The molecule has 0 spiro atoms. The lowest BCUT2D eigenvalue weighted by molar-refractivity contribution is 0.780. The summed E-state index contributed by atoms with van der Waals surface area (Å²) >= 11 is 6.30. The van der Waals surface area contributed by atoms with Crippen LogP contribution in [0, 0.1) is 0 Å². The van der Waals surface area contributed by atoms with Gasteiger partial charge in [0.25, 0.3) is 0 Å². The predicted octanol–water partition coefficient (Wildman–Crippen LogP) is 2.83. The van der Waals surface area contributed by atoms with Gasteiger partial charge in [-0.1, -0.05) is 11.6 Å². The molecule has 1 saturated heterocycles. The number of halogens is 1. The molecule has 0 unspecified atom stereocenters. The first-order valence-corrected chi connectivity index (χ1v) is 6.00. The van der Waals surface area contributed by atoms with E-state index in [0.29, 0.717) is 0 Å². The molecule has 1 aliphatic rings. The SMILES string of the molecule is Cn1cc2cc(N3CCCC3)c(Cl)cc2n1. The van der Waals surface area contributed by atoms with Crippen LogP contribution >= 0.6 is 11.6 Å². The molecule has 1 aromatic carbocycles. The highest BCUT2D eigenvalue weighted by Gasteiger charge is 2.16. The molecule has 1 fully saturated rings. The quantitative estimate of drug-likeness (QED) is 0.758. The summed E-state index contributed by atoms with van der Waals surface area (Å²) in [6.45, 7) is 2.23. The molecule has 1 aliphatic heterocycles. The minimum atomic E-state index is 0.813. The van der Waals surface area contributed by atoms with Crippen molar-refractivity contribution in [3.05, 3.63) is 23.4 Å². The van der Waals surface area contributed by atoms with E-state index in [-0.39, 0.29) is 0 Å². The lowest BCUT2D eigenvalue weighted by atomic mass is 10.2. The summed E-state index contributed by atoms with van der Waals surface area (Å²) in [5.74, 6) is 0. The minimum Gasteiger partial charge on any atom is -0.370 e. The minimum absolute atomic E-state index is 0.813. The summed E-state index contributed by atoms with van der Waals surface area (Å²) in [6.07, 6.45) is 4.56. The van der Waals surface area contributed by atoms with Crippen LogP contribution in [0.25, 0.3) is 10.9 Å². The molecule has 0 saturated carbocycles. The summed E-state index contributed by atoms with van der Waals surface area (Å²) in [6, 6.07) is 4.11. The van der Waals surface area contributed by atoms with E-state index in [2.05, 4.69) is 16.1 Å². The van der Waals surface area contributed by atoms with Gasteiger partial charge in [0.2, 0.25) is 0 Å². The van der Waals surface area contributed by atoms with Crippen molar-refractivity contribution in [2.45, 2.75) is 12.8 Å². The van der Waals surface area contributed by atoms with Crippen molar-refractivity contribution in [2.75, 3.05) is 18.0 Å². The van der Waals surface area contributed by atoms with Crippen LogP contribution in [-0.4, -0.2) is 22.9 Å². The van der Waals surface area contributed by atoms with Crippen molar-refractivity contribution >= 4 is 28.2 Å². The Bertz CT molecular complexity index is 526. The fraction of sp³-hybridized carbons (Fsp3) is 0.417. The molecule has 0 N–H and O–H groups in total. The molecule has 1 aromatic heterocycles. The van der Waals surface area contributed by atoms with Crippen molar-refractivity contribution in [1.82, 2.24) is 9.78 Å². The number of hydrogen-bond acceptors (Lipinski definition) is 2. The van der Waals surface area contributed by atoms with Gasteiger partial charge in [0, 0.05) is 31.7 Å². The van der Waals surface area contributed by atoms with Crippen LogP contribution in [0.2, 0.25) is 5.02 Å². The zero-order chi connectivity index (χ0) is 11.1. The second kappa shape index (κ2) is 3.67. The smallest absolute Gasteiger partial charge is 0.0939 e. The molecule has 2 heterocycles. The maximum Gasteiger partial charge on any atom is 0.0939 e. The van der Waals surface area contributed by atoms with Gasteiger partial charge >= 0.3 is 0 Å². The molecule has 0 bridgehead atoms. The Kier molecular flexibility index (Phi) is 2.28. The van der Waals surface area contributed by atoms with Gasteiger partial charge in [-0.3, -0.25) is 4.68 Å². The molecule has 3 rings (SSSR count). The van der Waals surface area contributed by atoms with E-state index in [1.54, 1.807) is 0 Å². The van der Waals surface area contributed by atoms with Gasteiger partial charge in [0.15, 0.2) is 0 Å². The van der Waals surface area contributed by atoms with Gasteiger partial charge in [-0.2, -0.15) is 5.10 Å². The van der Waals surface area contributed by atoms with Gasteiger partial charge in [-0.25, -0.2) is 0 Å². The van der Waals surface area contributed by atoms with Crippen LogP contribution < -0.4 is 4.90 Å². The molecule has 84 valence electrons. The fourth-order valence-electron chi connectivity index (χ4n) is 2.36. The summed E-state index contributed by atoms with van der Waals surface area (Å²) < 4.78 is 1.83. The number of nitrogens with zero attached hydrogens (tertiary/aromatic N) is 3. The fourth-order valence-corrected chi connectivity index (χ4v) is 2.64. The number of anilines is 1. The average Bonchev–Trinajstić information content (AvgIpc) is 2.83. The Balaban J connectivity index is 2.12. The standard InChI is InChI=1S/C12H14ClN3/c1-15-8-9-6-12(16-4-2-3-5-16)10(13)7-11(9)14-15/h6-8H,2-5H2,1H3. The second-order valence-corrected chi connectivity index (χ2v) is 4.77. The van der Waals surface area contributed by atoms with Gasteiger partial charge in [-0.15, -0.1) is 0 Å². The van der Waals surface area contributed by atoms with Crippen LogP contribution in [-0.2, 0) is 7.05 Å². The summed E-state index contributed by atoms with van der Waals surface area (Å²) in [5, 5.41) is 6.33. The van der Waals surface area contributed by atoms with E-state index in [4.69, 9.17) is 11.6 Å². The van der Waals surface area contributed by atoms with Crippen LogP contribution in [0.1, 0.15) is 12.8 Å². The predicted molar refractivity (Wildman–Crippen MR) is 67.2 cm³/mol. The monoisotopic (exact) mass is 235 g/mol. The molecule has 0 amide bonds. The highest BCUT2D eigenvalue weighted by Crippen LogP contribution is 2.32. The summed E-state index contributed by atoms with van der Waals surface area (Å²) in [7, 11) is 1.93. The van der Waals surface area contributed by atoms with E-state index in [0.717, 1.165) is 34.7 Å². The summed E-state index contributed by atoms with van der Waals surface area (Å²) in [5.41, 5.74) is 2.12. The molecule has 3 nitrogen and oxygen atoms in total. The summed E-state index contributed by atoms with van der Waals surface area (Å²) in [4.78, 5) is 2.36. The van der Waals surface area contributed by atoms with Gasteiger partial charge in [0.05, 0.1) is 16.2 Å². The van der Waals surface area contributed by atoms with E-state index >= 15 is 0 Å². The van der Waals surface area contributed by atoms with E-state index in [1.807, 2.05) is 24.0 Å². The van der Waals surface area contributed by atoms with Crippen molar-refractivity contribution in [2.24, 2.45) is 7.05 Å². The third kappa shape index (κ3) is 1.55. The first kappa shape index (κ1) is 9.97. The maximum atomic E-state index is 6.30. The molecule has 4 heteroatoms. The topological polar surface area (TPSA) is 21.1 Å². The molecular weight excluding hydrogens is 222 g/mol. The van der Waals surface area contributed by atoms with Crippen LogP contribution in [0.5, 0.6) is 0 Å². The normalized spacial score (nSPS) is 16.2. The Hall–Kier alpha value is -1.22. The van der Waals surface area contributed by atoms with E-state index in [1.165, 1.54) is 12.8 Å². The Morgan fingerprint density at radius 3 is 2.75 bits per heavy atom. The molecular formula is C12H14ClN3. The molecule has 16 heavy (non-hydrogen) atoms. The highest BCUT2D eigenvalue weighted by atomic mass is 35.5. The van der Waals surface area contributed by atoms with Crippen molar-refractivity contribution in [3.8, 4) is 0 Å². The Morgan fingerprint density at radius 1 is 1.25 bits per heavy atom. The third-order valence-corrected chi connectivity index (χ3v) is 3.44. The number of aromatic nitrogens is 2. The number of rotatable bonds is 1. The van der Waals surface area contributed by atoms with Crippen LogP contribution in [0.3, 0.4) is 0 Å². The highest BCUT2D eigenvalue weighted by molar-refractivity contribution is 6.34. The molecule has 0 aliphatic carbocycles. The number of hydrogen-bond donors (Lipinski definition) is 0. The zero-order valence-corrected chi connectivity index (χ0v) is 10.0. The number of benzene rings is 1. The zero-order valence-electron chi connectivity index (χ0n) is 9.28. The molecule has 0 radical (unpaired) electrons. The van der Waals surface area contributed by atoms with Gasteiger partial charge < -0.3 is 4.90 Å². The molecule has 2 aromatic rings. The van der Waals surface area contributed by atoms with E-state index < -0.39 is 0 Å². The number of aryl methyl sites for hydroxylation is 1. The van der Waals surface area contributed by atoms with E-state index in [9.17, 15) is 0 Å².